The summed E-state index contributed by atoms with van der Waals surface area (Å²) in [5.74, 6) is -0.208. The van der Waals surface area contributed by atoms with Crippen molar-refractivity contribution < 1.29 is 14.7 Å². The standard InChI is InChI=1S/C10H16N2O3/c13-6-5-11-3-4-12(8-1-2-8)10(15)7-9(11)14/h8,13H,1-7H2. The Morgan fingerprint density at radius 1 is 1.20 bits per heavy atom. The maximum Gasteiger partial charge on any atom is 0.232 e. The molecule has 1 saturated carbocycles. The summed E-state index contributed by atoms with van der Waals surface area (Å²) in [5, 5.41) is 8.79. The van der Waals surface area contributed by atoms with Crippen LogP contribution in [-0.4, -0.2) is 59.0 Å². The molecule has 1 aliphatic heterocycles. The van der Waals surface area contributed by atoms with E-state index in [1.807, 2.05) is 4.90 Å². The van der Waals surface area contributed by atoms with Crippen LogP contribution in [0.1, 0.15) is 19.3 Å². The normalized spacial score (nSPS) is 23.3. The van der Waals surface area contributed by atoms with Gasteiger partial charge in [0.15, 0.2) is 0 Å². The second kappa shape index (κ2) is 4.18. The summed E-state index contributed by atoms with van der Waals surface area (Å²) < 4.78 is 0. The molecule has 1 aliphatic carbocycles. The van der Waals surface area contributed by atoms with Gasteiger partial charge in [-0.2, -0.15) is 0 Å². The SMILES string of the molecule is O=C1CC(=O)N(C2CC2)CCN1CCO. The summed E-state index contributed by atoms with van der Waals surface area (Å²) in [6.07, 6.45) is 2.11. The molecule has 2 amide bonds. The van der Waals surface area contributed by atoms with Crippen molar-refractivity contribution in [3.8, 4) is 0 Å². The van der Waals surface area contributed by atoms with Gasteiger partial charge >= 0.3 is 0 Å². The molecule has 2 rings (SSSR count). The quantitative estimate of drug-likeness (QED) is 0.623. The summed E-state index contributed by atoms with van der Waals surface area (Å²) in [6.45, 7) is 1.48. The highest BCUT2D eigenvalue weighted by molar-refractivity contribution is 5.97. The highest BCUT2D eigenvalue weighted by Gasteiger charge is 2.35. The van der Waals surface area contributed by atoms with Crippen LogP contribution in [0.3, 0.4) is 0 Å². The molecule has 5 heteroatoms. The Bertz CT molecular complexity index is 276. The van der Waals surface area contributed by atoms with Gasteiger partial charge in [0.2, 0.25) is 11.8 Å². The van der Waals surface area contributed by atoms with Crippen molar-refractivity contribution in [2.45, 2.75) is 25.3 Å². The number of aliphatic hydroxyl groups excluding tert-OH is 1. The highest BCUT2D eigenvalue weighted by atomic mass is 16.3. The molecule has 0 spiro atoms. The second-order valence-electron chi connectivity index (χ2n) is 4.10. The number of amides is 2. The number of hydrogen-bond acceptors (Lipinski definition) is 3. The van der Waals surface area contributed by atoms with E-state index in [4.69, 9.17) is 5.11 Å². The maximum absolute atomic E-state index is 11.7. The predicted octanol–water partition coefficient (Wildman–Crippen LogP) is -0.798. The second-order valence-corrected chi connectivity index (χ2v) is 4.10. The monoisotopic (exact) mass is 212 g/mol. The van der Waals surface area contributed by atoms with Crippen LogP contribution < -0.4 is 0 Å². The van der Waals surface area contributed by atoms with Crippen molar-refractivity contribution in [2.24, 2.45) is 0 Å². The van der Waals surface area contributed by atoms with Gasteiger partial charge < -0.3 is 14.9 Å². The lowest BCUT2D eigenvalue weighted by Crippen LogP contribution is -2.36. The molecule has 0 aromatic rings. The van der Waals surface area contributed by atoms with Crippen LogP contribution in [0.25, 0.3) is 0 Å². The fourth-order valence-corrected chi connectivity index (χ4v) is 1.95. The van der Waals surface area contributed by atoms with Crippen molar-refractivity contribution in [1.29, 1.82) is 0 Å². The van der Waals surface area contributed by atoms with Gasteiger partial charge in [-0.25, -0.2) is 0 Å². The first-order chi connectivity index (χ1) is 7.22. The summed E-state index contributed by atoms with van der Waals surface area (Å²) in [5.41, 5.74) is 0. The third kappa shape index (κ3) is 2.28. The van der Waals surface area contributed by atoms with Crippen LogP contribution >= 0.6 is 0 Å². The number of hydrogen-bond donors (Lipinski definition) is 1. The molecule has 15 heavy (non-hydrogen) atoms. The van der Waals surface area contributed by atoms with Gasteiger partial charge in [-0.1, -0.05) is 0 Å². The largest absolute Gasteiger partial charge is 0.395 e. The minimum Gasteiger partial charge on any atom is -0.395 e. The van der Waals surface area contributed by atoms with E-state index in [2.05, 4.69) is 0 Å². The molecule has 0 atom stereocenters. The van der Waals surface area contributed by atoms with Crippen LogP contribution in [0.4, 0.5) is 0 Å². The summed E-state index contributed by atoms with van der Waals surface area (Å²) in [6, 6.07) is 0.374. The van der Waals surface area contributed by atoms with E-state index >= 15 is 0 Å². The minimum absolute atomic E-state index is 0.0313. The van der Waals surface area contributed by atoms with E-state index in [-0.39, 0.29) is 24.8 Å². The fourth-order valence-electron chi connectivity index (χ4n) is 1.95. The molecule has 1 heterocycles. The number of nitrogens with zero attached hydrogens (tertiary/aromatic N) is 2. The average molecular weight is 212 g/mol. The molecule has 0 bridgehead atoms. The lowest BCUT2D eigenvalue weighted by atomic mass is 10.3. The number of carbonyl (C=O) groups excluding carboxylic acids is 2. The molecule has 1 saturated heterocycles. The molecule has 5 nitrogen and oxygen atoms in total. The van der Waals surface area contributed by atoms with E-state index in [0.717, 1.165) is 12.8 Å². The Balaban J connectivity index is 1.99. The van der Waals surface area contributed by atoms with E-state index in [1.165, 1.54) is 0 Å². The van der Waals surface area contributed by atoms with Crippen LogP contribution in [0, 0.1) is 0 Å². The third-order valence-corrected chi connectivity index (χ3v) is 2.94. The fraction of sp³-hybridized carbons (Fsp3) is 0.800. The van der Waals surface area contributed by atoms with Crippen molar-refractivity contribution >= 4 is 11.8 Å². The van der Waals surface area contributed by atoms with Crippen LogP contribution in [0.5, 0.6) is 0 Å². The Kier molecular flexibility index (Phi) is 2.90. The summed E-state index contributed by atoms with van der Waals surface area (Å²) in [7, 11) is 0. The van der Waals surface area contributed by atoms with E-state index < -0.39 is 0 Å². The molecule has 0 aromatic heterocycles. The lowest BCUT2D eigenvalue weighted by molar-refractivity contribution is -0.137. The van der Waals surface area contributed by atoms with Crippen molar-refractivity contribution in [3.05, 3.63) is 0 Å². The lowest BCUT2D eigenvalue weighted by Gasteiger charge is -2.21. The Hall–Kier alpha value is -1.10. The first-order valence-electron chi connectivity index (χ1n) is 5.40. The molecule has 84 valence electrons. The third-order valence-electron chi connectivity index (χ3n) is 2.94. The molecule has 1 N–H and O–H groups in total. The van der Waals surface area contributed by atoms with Crippen molar-refractivity contribution in [2.75, 3.05) is 26.2 Å². The number of β-amino-alcohol motifs (C(OH)–C–C–N with tert-alkyl or cyclic N) is 1. The van der Waals surface area contributed by atoms with Gasteiger partial charge in [0.05, 0.1) is 6.61 Å². The van der Waals surface area contributed by atoms with Crippen LogP contribution in [0.2, 0.25) is 0 Å². The molecule has 2 aliphatic rings. The Morgan fingerprint density at radius 3 is 2.53 bits per heavy atom. The minimum atomic E-state index is -0.155. The first-order valence-corrected chi connectivity index (χ1v) is 5.40. The Morgan fingerprint density at radius 2 is 1.93 bits per heavy atom. The van der Waals surface area contributed by atoms with E-state index in [1.54, 1.807) is 4.90 Å². The smallest absolute Gasteiger partial charge is 0.232 e. The molecule has 0 aromatic carbocycles. The van der Waals surface area contributed by atoms with E-state index in [0.29, 0.717) is 25.7 Å². The highest BCUT2D eigenvalue weighted by Crippen LogP contribution is 2.28. The van der Waals surface area contributed by atoms with Gasteiger partial charge in [0, 0.05) is 25.7 Å². The van der Waals surface area contributed by atoms with Gasteiger partial charge in [0.1, 0.15) is 6.42 Å². The van der Waals surface area contributed by atoms with E-state index in [9.17, 15) is 9.59 Å². The predicted molar refractivity (Wildman–Crippen MR) is 53.0 cm³/mol. The van der Waals surface area contributed by atoms with Gasteiger partial charge in [-0.05, 0) is 12.8 Å². The average Bonchev–Trinajstić information content (AvgIpc) is 2.99. The molecule has 0 unspecified atom stereocenters. The number of rotatable bonds is 3. The van der Waals surface area contributed by atoms with Crippen LogP contribution in [0.15, 0.2) is 0 Å². The molecular weight excluding hydrogens is 196 g/mol. The van der Waals surface area contributed by atoms with Gasteiger partial charge in [-0.15, -0.1) is 0 Å². The first kappa shape index (κ1) is 10.4. The van der Waals surface area contributed by atoms with Gasteiger partial charge in [-0.3, -0.25) is 9.59 Å². The van der Waals surface area contributed by atoms with Crippen LogP contribution in [-0.2, 0) is 9.59 Å². The zero-order chi connectivity index (χ0) is 10.8. The number of carbonyl (C=O) groups is 2. The van der Waals surface area contributed by atoms with Crippen molar-refractivity contribution in [1.82, 2.24) is 9.80 Å². The van der Waals surface area contributed by atoms with Crippen molar-refractivity contribution in [3.63, 3.8) is 0 Å². The molecular formula is C10H16N2O3. The van der Waals surface area contributed by atoms with Gasteiger partial charge in [0.25, 0.3) is 0 Å². The molecule has 2 fully saturated rings. The summed E-state index contributed by atoms with van der Waals surface area (Å²) in [4.78, 5) is 26.6. The summed E-state index contributed by atoms with van der Waals surface area (Å²) >= 11 is 0. The topological polar surface area (TPSA) is 60.9 Å². The number of aliphatic hydroxyl groups is 1. The Labute approximate surface area is 88.6 Å². The zero-order valence-electron chi connectivity index (χ0n) is 8.69. The maximum atomic E-state index is 11.7. The molecule has 0 radical (unpaired) electrons. The zero-order valence-corrected chi connectivity index (χ0v) is 8.69.